The van der Waals surface area contributed by atoms with E-state index in [-0.39, 0.29) is 28.5 Å². The molecule has 0 atom stereocenters. The highest BCUT2D eigenvalue weighted by Crippen LogP contribution is 2.26. The van der Waals surface area contributed by atoms with E-state index in [1.165, 1.54) is 51.2 Å². The van der Waals surface area contributed by atoms with Gasteiger partial charge in [0.2, 0.25) is 10.0 Å². The Kier molecular flexibility index (Phi) is 7.52. The fourth-order valence-electron chi connectivity index (χ4n) is 1.71. The Hall–Kier alpha value is -1.78. The first-order valence-electron chi connectivity index (χ1n) is 6.88. The molecule has 1 rings (SSSR count). The van der Waals surface area contributed by atoms with Gasteiger partial charge in [0.05, 0.1) is 12.9 Å². The summed E-state index contributed by atoms with van der Waals surface area (Å²) in [5.41, 5.74) is 0.180. The number of hydrogen-bond donors (Lipinski definition) is 2. The van der Waals surface area contributed by atoms with Crippen molar-refractivity contribution in [3.63, 3.8) is 0 Å². The summed E-state index contributed by atoms with van der Waals surface area (Å²) in [6.45, 7) is 0.276. The summed E-state index contributed by atoms with van der Waals surface area (Å²) >= 11 is 1.18. The molecular weight excluding hydrogens is 356 g/mol. The highest BCUT2D eigenvalue weighted by atomic mass is 32.2. The van der Waals surface area contributed by atoms with Gasteiger partial charge in [-0.1, -0.05) is 0 Å². The minimum atomic E-state index is -3.76. The number of sulfonamides is 1. The summed E-state index contributed by atoms with van der Waals surface area (Å²) in [6.07, 6.45) is 0. The molecule has 8 nitrogen and oxygen atoms in total. The zero-order valence-corrected chi connectivity index (χ0v) is 15.2. The lowest BCUT2D eigenvalue weighted by Crippen LogP contribution is -2.27. The van der Waals surface area contributed by atoms with Gasteiger partial charge < -0.3 is 15.2 Å². The molecule has 0 aliphatic heterocycles. The smallest absolute Gasteiger partial charge is 0.313 e. The first-order valence-corrected chi connectivity index (χ1v) is 9.48. The number of methoxy groups -OCH3 is 1. The van der Waals surface area contributed by atoms with Gasteiger partial charge in [-0.05, 0) is 18.2 Å². The van der Waals surface area contributed by atoms with Crippen LogP contribution in [0.3, 0.4) is 0 Å². The van der Waals surface area contributed by atoms with Gasteiger partial charge in [-0.2, -0.15) is 0 Å². The van der Waals surface area contributed by atoms with Crippen molar-refractivity contribution in [2.45, 2.75) is 4.90 Å². The lowest BCUT2D eigenvalue weighted by atomic mass is 10.2. The number of nitrogens with zero attached hydrogens (tertiary/aromatic N) is 1. The standard InChI is InChI=1S/C14H20N2O6S2/c1-16(2)24(20,21)12-8-10(4-5-11(12)22-3)14(19)15-6-7-23-9-13(17)18/h4-5,8H,6-7,9H2,1-3H3,(H,15,19)(H,17,18). The molecule has 0 fully saturated rings. The van der Waals surface area contributed by atoms with Crippen LogP contribution in [0.4, 0.5) is 0 Å². The van der Waals surface area contributed by atoms with Gasteiger partial charge in [-0.25, -0.2) is 12.7 Å². The predicted octanol–water partition coefficient (Wildman–Crippen LogP) is 0.493. The summed E-state index contributed by atoms with van der Waals surface area (Å²) < 4.78 is 30.7. The van der Waals surface area contributed by atoms with Crippen molar-refractivity contribution in [2.75, 3.05) is 39.3 Å². The van der Waals surface area contributed by atoms with Crippen LogP contribution in [0, 0.1) is 0 Å². The number of nitrogens with one attached hydrogen (secondary N) is 1. The third-order valence-corrected chi connectivity index (χ3v) is 5.72. The van der Waals surface area contributed by atoms with E-state index in [0.717, 1.165) is 4.31 Å². The number of ether oxygens (including phenoxy) is 1. The first-order chi connectivity index (χ1) is 11.2. The average molecular weight is 376 g/mol. The number of carboxylic acids is 1. The Morgan fingerprint density at radius 2 is 2.00 bits per heavy atom. The predicted molar refractivity (Wildman–Crippen MR) is 91.2 cm³/mol. The van der Waals surface area contributed by atoms with Gasteiger partial charge >= 0.3 is 5.97 Å². The van der Waals surface area contributed by atoms with Crippen LogP contribution in [0.5, 0.6) is 5.75 Å². The molecule has 134 valence electrons. The molecule has 24 heavy (non-hydrogen) atoms. The van der Waals surface area contributed by atoms with Crippen molar-refractivity contribution in [1.82, 2.24) is 9.62 Å². The minimum Gasteiger partial charge on any atom is -0.495 e. The fourth-order valence-corrected chi connectivity index (χ4v) is 3.35. The third kappa shape index (κ3) is 5.39. The second-order valence-corrected chi connectivity index (χ2v) is 8.08. The van der Waals surface area contributed by atoms with Crippen LogP contribution >= 0.6 is 11.8 Å². The topological polar surface area (TPSA) is 113 Å². The lowest BCUT2D eigenvalue weighted by Gasteiger charge is -2.15. The lowest BCUT2D eigenvalue weighted by molar-refractivity contribution is -0.133. The van der Waals surface area contributed by atoms with Gasteiger partial charge in [0.15, 0.2) is 0 Å². The Morgan fingerprint density at radius 1 is 1.33 bits per heavy atom. The molecule has 0 spiro atoms. The van der Waals surface area contributed by atoms with E-state index in [2.05, 4.69) is 5.32 Å². The Morgan fingerprint density at radius 3 is 2.54 bits per heavy atom. The van der Waals surface area contributed by atoms with E-state index < -0.39 is 21.9 Å². The molecule has 10 heteroatoms. The fraction of sp³-hybridized carbons (Fsp3) is 0.429. The molecule has 0 aromatic heterocycles. The SMILES string of the molecule is COc1ccc(C(=O)NCCSCC(=O)O)cc1S(=O)(=O)N(C)C. The third-order valence-electron chi connectivity index (χ3n) is 2.94. The molecule has 0 aliphatic carbocycles. The highest BCUT2D eigenvalue weighted by Gasteiger charge is 2.23. The normalized spacial score (nSPS) is 11.3. The molecule has 0 saturated carbocycles. The van der Waals surface area contributed by atoms with Crippen molar-refractivity contribution in [1.29, 1.82) is 0 Å². The van der Waals surface area contributed by atoms with Crippen LogP contribution in [0.1, 0.15) is 10.4 Å². The van der Waals surface area contributed by atoms with Gasteiger partial charge in [-0.3, -0.25) is 9.59 Å². The molecule has 1 aromatic rings. The first kappa shape index (κ1) is 20.3. The van der Waals surface area contributed by atoms with Crippen LogP contribution < -0.4 is 10.1 Å². The van der Waals surface area contributed by atoms with Gasteiger partial charge in [0, 0.05) is 32.0 Å². The Labute approximate surface area is 145 Å². The number of carbonyl (C=O) groups excluding carboxylic acids is 1. The van der Waals surface area contributed by atoms with Crippen molar-refractivity contribution in [3.8, 4) is 5.75 Å². The van der Waals surface area contributed by atoms with Crippen LogP contribution in [-0.4, -0.2) is 69.0 Å². The summed E-state index contributed by atoms with van der Waals surface area (Å²) in [5.74, 6) is -0.804. The summed E-state index contributed by atoms with van der Waals surface area (Å²) in [7, 11) is 0.375. The van der Waals surface area contributed by atoms with Crippen molar-refractivity contribution >= 4 is 33.7 Å². The number of benzene rings is 1. The maximum absolute atomic E-state index is 12.3. The summed E-state index contributed by atoms with van der Waals surface area (Å²) in [4.78, 5) is 22.4. The van der Waals surface area contributed by atoms with E-state index >= 15 is 0 Å². The molecule has 1 aromatic carbocycles. The van der Waals surface area contributed by atoms with Crippen LogP contribution in [0.25, 0.3) is 0 Å². The number of aliphatic carboxylic acids is 1. The molecule has 0 aliphatic rings. The van der Waals surface area contributed by atoms with Crippen molar-refractivity contribution in [2.24, 2.45) is 0 Å². The maximum Gasteiger partial charge on any atom is 0.313 e. The molecule has 0 radical (unpaired) electrons. The number of hydrogen-bond acceptors (Lipinski definition) is 6. The van der Waals surface area contributed by atoms with E-state index in [0.29, 0.717) is 5.75 Å². The van der Waals surface area contributed by atoms with E-state index in [1.54, 1.807) is 0 Å². The maximum atomic E-state index is 12.3. The summed E-state index contributed by atoms with van der Waals surface area (Å²) in [6, 6.07) is 4.14. The van der Waals surface area contributed by atoms with Crippen LogP contribution in [0.2, 0.25) is 0 Å². The Balaban J connectivity index is 2.86. The van der Waals surface area contributed by atoms with Gasteiger partial charge in [-0.15, -0.1) is 11.8 Å². The molecule has 2 N–H and O–H groups in total. The Bertz CT molecular complexity index is 703. The van der Waals surface area contributed by atoms with E-state index in [4.69, 9.17) is 9.84 Å². The second kappa shape index (κ2) is 8.90. The minimum absolute atomic E-state index is 0.0381. The summed E-state index contributed by atoms with van der Waals surface area (Å²) in [5, 5.41) is 11.1. The monoisotopic (exact) mass is 376 g/mol. The average Bonchev–Trinajstić information content (AvgIpc) is 2.53. The zero-order chi connectivity index (χ0) is 18.3. The van der Waals surface area contributed by atoms with E-state index in [1.807, 2.05) is 0 Å². The molecular formula is C14H20N2O6S2. The quantitative estimate of drug-likeness (QED) is 0.603. The van der Waals surface area contributed by atoms with Crippen LogP contribution in [0.15, 0.2) is 23.1 Å². The van der Waals surface area contributed by atoms with Gasteiger partial charge in [0.25, 0.3) is 5.91 Å². The molecule has 0 heterocycles. The number of carboxylic acid groups (broad SMARTS) is 1. The molecule has 0 unspecified atom stereocenters. The number of amides is 1. The second-order valence-electron chi connectivity index (χ2n) is 4.86. The number of carbonyl (C=O) groups is 2. The zero-order valence-electron chi connectivity index (χ0n) is 13.6. The molecule has 0 saturated heterocycles. The van der Waals surface area contributed by atoms with Crippen LogP contribution in [-0.2, 0) is 14.8 Å². The number of thioether (sulfide) groups is 1. The largest absolute Gasteiger partial charge is 0.495 e. The highest BCUT2D eigenvalue weighted by molar-refractivity contribution is 7.99. The number of rotatable bonds is 9. The van der Waals surface area contributed by atoms with Crippen molar-refractivity contribution in [3.05, 3.63) is 23.8 Å². The molecule has 1 amide bonds. The van der Waals surface area contributed by atoms with Crippen molar-refractivity contribution < 1.29 is 27.9 Å². The molecule has 0 bridgehead atoms. The van der Waals surface area contributed by atoms with Gasteiger partial charge in [0.1, 0.15) is 10.6 Å². The van der Waals surface area contributed by atoms with E-state index in [9.17, 15) is 18.0 Å².